The number of methoxy groups -OCH3 is 1. The zero-order chi connectivity index (χ0) is 18.7. The predicted octanol–water partition coefficient (Wildman–Crippen LogP) is 3.96. The molecule has 0 saturated heterocycles. The molecule has 6 nitrogen and oxygen atoms in total. The van der Waals surface area contributed by atoms with Crippen LogP contribution in [0.15, 0.2) is 47.7 Å². The predicted molar refractivity (Wildman–Crippen MR) is 102 cm³/mol. The Hall–Kier alpha value is -2.51. The quantitative estimate of drug-likeness (QED) is 0.450. The van der Waals surface area contributed by atoms with Gasteiger partial charge in [0.05, 0.1) is 17.7 Å². The lowest BCUT2D eigenvalue weighted by Gasteiger charge is -2.16. The molecule has 0 unspecified atom stereocenters. The van der Waals surface area contributed by atoms with Gasteiger partial charge >= 0.3 is 5.97 Å². The van der Waals surface area contributed by atoms with Gasteiger partial charge in [0.2, 0.25) is 0 Å². The molecule has 0 atom stereocenters. The van der Waals surface area contributed by atoms with Crippen molar-refractivity contribution in [3.63, 3.8) is 0 Å². The summed E-state index contributed by atoms with van der Waals surface area (Å²) in [5.74, 6) is -0.204. The summed E-state index contributed by atoms with van der Waals surface area (Å²) in [6, 6.07) is 5.89. The summed E-state index contributed by atoms with van der Waals surface area (Å²) < 4.78 is 13.5. The number of aromatic nitrogens is 3. The average Bonchev–Trinajstić information content (AvgIpc) is 3.04. The second-order valence-corrected chi connectivity index (χ2v) is 6.49. The van der Waals surface area contributed by atoms with Gasteiger partial charge in [0.15, 0.2) is 5.75 Å². The van der Waals surface area contributed by atoms with Gasteiger partial charge in [0, 0.05) is 41.3 Å². The molecule has 134 valence electrons. The van der Waals surface area contributed by atoms with E-state index < -0.39 is 5.97 Å². The van der Waals surface area contributed by atoms with Crippen LogP contribution in [0, 0.1) is 0 Å². The van der Waals surface area contributed by atoms with Gasteiger partial charge in [0.1, 0.15) is 5.69 Å². The summed E-state index contributed by atoms with van der Waals surface area (Å²) in [6.07, 6.45) is 5.36. The number of hydrogen-bond acceptors (Lipinski definition) is 5. The summed E-state index contributed by atoms with van der Waals surface area (Å²) in [5, 5.41) is 4.64. The van der Waals surface area contributed by atoms with Crippen molar-refractivity contribution in [1.29, 1.82) is 0 Å². The van der Waals surface area contributed by atoms with Crippen molar-refractivity contribution >= 4 is 27.4 Å². The first-order valence-corrected chi connectivity index (χ1v) is 8.86. The molecule has 0 aliphatic heterocycles. The van der Waals surface area contributed by atoms with Crippen LogP contribution in [0.2, 0.25) is 0 Å². The molecule has 26 heavy (non-hydrogen) atoms. The van der Waals surface area contributed by atoms with E-state index in [1.54, 1.807) is 19.5 Å². The van der Waals surface area contributed by atoms with Crippen LogP contribution in [-0.4, -0.2) is 27.7 Å². The number of aryl methyl sites for hydroxylation is 1. The number of hydrogen-bond donors (Lipinski definition) is 0. The summed E-state index contributed by atoms with van der Waals surface area (Å²) >= 11 is 3.45. The number of fused-ring (bicyclic) bond motifs is 1. The Balaban J connectivity index is 2.38. The van der Waals surface area contributed by atoms with Crippen molar-refractivity contribution in [2.24, 2.45) is 0 Å². The molecule has 3 aromatic rings. The highest BCUT2D eigenvalue weighted by Crippen LogP contribution is 2.38. The van der Waals surface area contributed by atoms with Crippen LogP contribution in [-0.2, 0) is 22.6 Å². The normalized spacial score (nSPS) is 10.9. The lowest BCUT2D eigenvalue weighted by molar-refractivity contribution is -0.129. The Kier molecular flexibility index (Phi) is 5.49. The Morgan fingerprint density at radius 3 is 2.85 bits per heavy atom. The van der Waals surface area contributed by atoms with Crippen LogP contribution in [0.1, 0.15) is 18.3 Å². The average molecular weight is 416 g/mol. The Morgan fingerprint density at radius 2 is 2.19 bits per heavy atom. The third-order valence-electron chi connectivity index (χ3n) is 3.91. The van der Waals surface area contributed by atoms with Gasteiger partial charge in [-0.15, -0.1) is 0 Å². The largest absolute Gasteiger partial charge is 0.420 e. The van der Waals surface area contributed by atoms with Gasteiger partial charge in [-0.3, -0.25) is 4.98 Å². The molecule has 3 aromatic heterocycles. The summed E-state index contributed by atoms with van der Waals surface area (Å²) in [6.45, 7) is 5.74. The van der Waals surface area contributed by atoms with Crippen LogP contribution in [0.3, 0.4) is 0 Å². The standard InChI is InChI=1S/C19H18BrN3O3/c1-4-14-6-7-16-18(12-8-13(20)10-21-9-12)19(26-17(24)5-2)15(11-25-3)22-23(14)16/h5-10H,2,4,11H2,1,3H3. The molecule has 0 aromatic carbocycles. The molecule has 0 aliphatic carbocycles. The smallest absolute Gasteiger partial charge is 0.335 e. The molecule has 0 spiro atoms. The highest BCUT2D eigenvalue weighted by Gasteiger charge is 2.22. The third kappa shape index (κ3) is 3.40. The molecular weight excluding hydrogens is 398 g/mol. The topological polar surface area (TPSA) is 65.7 Å². The van der Waals surface area contributed by atoms with Crippen molar-refractivity contribution in [1.82, 2.24) is 14.6 Å². The molecule has 0 N–H and O–H groups in total. The maximum Gasteiger partial charge on any atom is 0.335 e. The number of ether oxygens (including phenoxy) is 2. The number of pyridine rings is 1. The van der Waals surface area contributed by atoms with Crippen LogP contribution < -0.4 is 4.74 Å². The third-order valence-corrected chi connectivity index (χ3v) is 4.34. The SMILES string of the molecule is C=CC(=O)Oc1c(COC)nn2c(CC)ccc2c1-c1cncc(Br)c1. The van der Waals surface area contributed by atoms with Gasteiger partial charge in [-0.05, 0) is 40.5 Å². The van der Waals surface area contributed by atoms with E-state index in [0.29, 0.717) is 11.4 Å². The number of nitrogens with zero attached hydrogens (tertiary/aromatic N) is 3. The van der Waals surface area contributed by atoms with E-state index in [0.717, 1.165) is 39.3 Å². The minimum Gasteiger partial charge on any atom is -0.420 e. The summed E-state index contributed by atoms with van der Waals surface area (Å²) in [5.41, 5.74) is 3.93. The molecule has 7 heteroatoms. The van der Waals surface area contributed by atoms with E-state index in [2.05, 4.69) is 39.5 Å². The van der Waals surface area contributed by atoms with E-state index in [4.69, 9.17) is 9.47 Å². The van der Waals surface area contributed by atoms with E-state index in [1.807, 2.05) is 22.7 Å². The maximum atomic E-state index is 11.9. The minimum atomic E-state index is -0.556. The van der Waals surface area contributed by atoms with E-state index in [-0.39, 0.29) is 6.61 Å². The first kappa shape index (κ1) is 18.3. The van der Waals surface area contributed by atoms with Crippen molar-refractivity contribution in [2.45, 2.75) is 20.0 Å². The fourth-order valence-corrected chi connectivity index (χ4v) is 3.15. The molecule has 0 amide bonds. The highest BCUT2D eigenvalue weighted by molar-refractivity contribution is 9.10. The zero-order valence-electron chi connectivity index (χ0n) is 14.5. The molecule has 0 fully saturated rings. The van der Waals surface area contributed by atoms with Crippen molar-refractivity contribution in [3.8, 4) is 16.9 Å². The number of rotatable bonds is 6. The molecule has 0 saturated carbocycles. The lowest BCUT2D eigenvalue weighted by Crippen LogP contribution is -2.12. The summed E-state index contributed by atoms with van der Waals surface area (Å²) in [7, 11) is 1.57. The molecule has 0 radical (unpaired) electrons. The van der Waals surface area contributed by atoms with E-state index in [9.17, 15) is 4.79 Å². The van der Waals surface area contributed by atoms with Crippen LogP contribution >= 0.6 is 15.9 Å². The molecular formula is C19H18BrN3O3. The number of carbonyl (C=O) groups is 1. The molecule has 3 heterocycles. The zero-order valence-corrected chi connectivity index (χ0v) is 16.1. The number of halogens is 1. The molecule has 0 aliphatic rings. The fraction of sp³-hybridized carbons (Fsp3) is 0.211. The van der Waals surface area contributed by atoms with Gasteiger partial charge in [0.25, 0.3) is 0 Å². The summed E-state index contributed by atoms with van der Waals surface area (Å²) in [4.78, 5) is 16.2. The monoisotopic (exact) mass is 415 g/mol. The Morgan fingerprint density at radius 1 is 1.38 bits per heavy atom. The first-order chi connectivity index (χ1) is 12.6. The fourth-order valence-electron chi connectivity index (χ4n) is 2.78. The van der Waals surface area contributed by atoms with Crippen molar-refractivity contribution in [3.05, 3.63) is 59.1 Å². The highest BCUT2D eigenvalue weighted by atomic mass is 79.9. The van der Waals surface area contributed by atoms with Gasteiger partial charge in [-0.25, -0.2) is 9.31 Å². The van der Waals surface area contributed by atoms with Crippen molar-refractivity contribution in [2.75, 3.05) is 7.11 Å². The van der Waals surface area contributed by atoms with Crippen LogP contribution in [0.4, 0.5) is 0 Å². The van der Waals surface area contributed by atoms with Crippen LogP contribution in [0.25, 0.3) is 16.6 Å². The second kappa shape index (κ2) is 7.80. The molecule has 3 rings (SSSR count). The van der Waals surface area contributed by atoms with Gasteiger partial charge < -0.3 is 9.47 Å². The Bertz CT molecular complexity index is 982. The first-order valence-electron chi connectivity index (χ1n) is 8.06. The minimum absolute atomic E-state index is 0.200. The van der Waals surface area contributed by atoms with Crippen LogP contribution in [0.5, 0.6) is 5.75 Å². The number of carbonyl (C=O) groups excluding carboxylic acids is 1. The number of esters is 1. The van der Waals surface area contributed by atoms with Gasteiger partial charge in [-0.2, -0.15) is 5.10 Å². The Labute approximate surface area is 159 Å². The van der Waals surface area contributed by atoms with E-state index >= 15 is 0 Å². The lowest BCUT2D eigenvalue weighted by atomic mass is 10.1. The maximum absolute atomic E-state index is 11.9. The molecule has 0 bridgehead atoms. The van der Waals surface area contributed by atoms with E-state index in [1.165, 1.54) is 0 Å². The van der Waals surface area contributed by atoms with Crippen molar-refractivity contribution < 1.29 is 14.3 Å². The second-order valence-electron chi connectivity index (χ2n) is 5.58. The van der Waals surface area contributed by atoms with Gasteiger partial charge in [-0.1, -0.05) is 13.5 Å².